The van der Waals surface area contributed by atoms with Gasteiger partial charge in [0, 0.05) is 4.47 Å². The number of nitrogens with two attached hydrogens (primary N) is 1. The van der Waals surface area contributed by atoms with Gasteiger partial charge in [0.15, 0.2) is 0 Å². The van der Waals surface area contributed by atoms with Gasteiger partial charge in [0.25, 0.3) is 0 Å². The summed E-state index contributed by atoms with van der Waals surface area (Å²) >= 11 is 3.45. The lowest BCUT2D eigenvalue weighted by Crippen LogP contribution is -2.31. The molecule has 0 bridgehead atoms. The van der Waals surface area contributed by atoms with Gasteiger partial charge in [-0.3, -0.25) is 0 Å². The highest BCUT2D eigenvalue weighted by molar-refractivity contribution is 9.10. The van der Waals surface area contributed by atoms with E-state index < -0.39 is 0 Å². The van der Waals surface area contributed by atoms with Crippen LogP contribution in [0.25, 0.3) is 0 Å². The van der Waals surface area contributed by atoms with Crippen molar-refractivity contribution in [1.82, 2.24) is 0 Å². The largest absolute Gasteiger partial charge is 0.489 e. The van der Waals surface area contributed by atoms with Crippen LogP contribution in [0.1, 0.15) is 12.8 Å². The molecule has 1 aromatic carbocycles. The molecule has 0 amide bonds. The maximum absolute atomic E-state index is 5.66. The summed E-state index contributed by atoms with van der Waals surface area (Å²) in [5, 5.41) is 3.46. The first-order valence-electron chi connectivity index (χ1n) is 5.18. The molecule has 1 heterocycles. The summed E-state index contributed by atoms with van der Waals surface area (Å²) in [6, 6.07) is 6.39. The van der Waals surface area contributed by atoms with Gasteiger partial charge in [-0.05, 0) is 37.6 Å². The first kappa shape index (κ1) is 10.8. The maximum Gasteiger partial charge on any atom is 0.142 e. The van der Waals surface area contributed by atoms with E-state index >= 15 is 0 Å². The molecule has 4 heteroatoms. The highest BCUT2D eigenvalue weighted by Gasteiger charge is 2.18. The Labute approximate surface area is 98.1 Å². The third kappa shape index (κ3) is 2.63. The van der Waals surface area contributed by atoms with Gasteiger partial charge in [0.05, 0.1) is 11.7 Å². The Morgan fingerprint density at radius 1 is 1.53 bits per heavy atom. The third-order valence-corrected chi connectivity index (χ3v) is 2.99. The van der Waals surface area contributed by atoms with Gasteiger partial charge in [0.2, 0.25) is 0 Å². The zero-order chi connectivity index (χ0) is 10.7. The van der Waals surface area contributed by atoms with Crippen LogP contribution in [-0.2, 0) is 0 Å². The smallest absolute Gasteiger partial charge is 0.142 e. The van der Waals surface area contributed by atoms with Gasteiger partial charge < -0.3 is 15.8 Å². The molecule has 1 aliphatic heterocycles. The van der Waals surface area contributed by atoms with Gasteiger partial charge in [-0.25, -0.2) is 0 Å². The predicted molar refractivity (Wildman–Crippen MR) is 65.3 cm³/mol. The molecule has 0 spiro atoms. The van der Waals surface area contributed by atoms with Crippen LogP contribution in [0.15, 0.2) is 22.7 Å². The summed E-state index contributed by atoms with van der Waals surface area (Å²) in [7, 11) is 0. The number of anilines is 1. The van der Waals surface area contributed by atoms with Crippen LogP contribution >= 0.6 is 15.9 Å². The van der Waals surface area contributed by atoms with E-state index in [9.17, 15) is 0 Å². The number of nitrogens with one attached hydrogen (secondary N) is 1. The van der Waals surface area contributed by atoms with Gasteiger partial charge in [0.1, 0.15) is 12.4 Å². The summed E-state index contributed by atoms with van der Waals surface area (Å²) in [4.78, 5) is 0. The first-order valence-corrected chi connectivity index (χ1v) is 5.98. The van der Waals surface area contributed by atoms with Crippen molar-refractivity contribution in [3.63, 3.8) is 0 Å². The Hall–Kier alpha value is -0.740. The van der Waals surface area contributed by atoms with Crippen LogP contribution in [0, 0.1) is 0 Å². The third-order valence-electron chi connectivity index (χ3n) is 2.50. The number of hydrogen-bond acceptors (Lipinski definition) is 3. The minimum Gasteiger partial charge on any atom is -0.489 e. The fourth-order valence-electron chi connectivity index (χ4n) is 1.71. The van der Waals surface area contributed by atoms with Crippen LogP contribution in [0.2, 0.25) is 0 Å². The summed E-state index contributed by atoms with van der Waals surface area (Å²) in [6.07, 6.45) is 2.09. The topological polar surface area (TPSA) is 47.3 Å². The molecule has 0 aromatic heterocycles. The second-order valence-corrected chi connectivity index (χ2v) is 4.64. The Kier molecular flexibility index (Phi) is 3.49. The summed E-state index contributed by atoms with van der Waals surface area (Å²) in [5.41, 5.74) is 6.56. The minimum atomic E-state index is 0.385. The molecular weight excluding hydrogens is 256 g/mol. The van der Waals surface area contributed by atoms with E-state index in [2.05, 4.69) is 21.2 Å². The molecule has 1 unspecified atom stereocenters. The van der Waals surface area contributed by atoms with E-state index in [-0.39, 0.29) is 0 Å². The number of ether oxygens (including phenoxy) is 1. The van der Waals surface area contributed by atoms with Crippen LogP contribution in [0.3, 0.4) is 0 Å². The lowest BCUT2D eigenvalue weighted by Gasteiger charge is -2.27. The second-order valence-electron chi connectivity index (χ2n) is 3.72. The molecule has 1 aromatic rings. The van der Waals surface area contributed by atoms with Gasteiger partial charge >= 0.3 is 0 Å². The molecule has 0 radical (unpaired) electrons. The monoisotopic (exact) mass is 270 g/mol. The Morgan fingerprint density at radius 2 is 2.40 bits per heavy atom. The van der Waals surface area contributed by atoms with Crippen molar-refractivity contribution in [3.8, 4) is 5.75 Å². The van der Waals surface area contributed by atoms with Crippen LogP contribution in [0.4, 0.5) is 5.69 Å². The number of fused-ring (bicyclic) bond motifs is 1. The average molecular weight is 271 g/mol. The Bertz CT molecular complexity index is 343. The average Bonchev–Trinajstić information content (AvgIpc) is 2.25. The predicted octanol–water partition coefficient (Wildman–Crippen LogP) is 2.36. The fourth-order valence-corrected chi connectivity index (χ4v) is 2.07. The van der Waals surface area contributed by atoms with Crippen molar-refractivity contribution in [3.05, 3.63) is 22.7 Å². The standard InChI is InChI=1S/C11H15BrN2O/c12-8-3-4-11-10(6-8)14-9(7-15-11)2-1-5-13/h3-4,6,9,14H,1-2,5,7,13H2. The molecular formula is C11H15BrN2O. The van der Waals surface area contributed by atoms with E-state index in [1.807, 2.05) is 18.2 Å². The molecule has 2 rings (SSSR count). The highest BCUT2D eigenvalue weighted by Crippen LogP contribution is 2.32. The molecule has 1 aliphatic rings. The number of rotatable bonds is 3. The van der Waals surface area contributed by atoms with Crippen molar-refractivity contribution in [2.45, 2.75) is 18.9 Å². The maximum atomic E-state index is 5.66. The van der Waals surface area contributed by atoms with E-state index in [1.54, 1.807) is 0 Å². The Balaban J connectivity index is 2.05. The van der Waals surface area contributed by atoms with Crippen molar-refractivity contribution in [2.24, 2.45) is 5.73 Å². The van der Waals surface area contributed by atoms with Crippen molar-refractivity contribution in [2.75, 3.05) is 18.5 Å². The van der Waals surface area contributed by atoms with Gasteiger partial charge in [-0.2, -0.15) is 0 Å². The van der Waals surface area contributed by atoms with E-state index in [4.69, 9.17) is 10.5 Å². The Morgan fingerprint density at radius 3 is 3.20 bits per heavy atom. The van der Waals surface area contributed by atoms with Crippen LogP contribution in [-0.4, -0.2) is 19.2 Å². The molecule has 0 fully saturated rings. The lowest BCUT2D eigenvalue weighted by atomic mass is 10.1. The SMILES string of the molecule is NCCCC1COc2ccc(Br)cc2N1. The highest BCUT2D eigenvalue weighted by atomic mass is 79.9. The normalized spacial score (nSPS) is 18.9. The van der Waals surface area contributed by atoms with Crippen molar-refractivity contribution < 1.29 is 4.74 Å². The first-order chi connectivity index (χ1) is 7.29. The zero-order valence-corrected chi connectivity index (χ0v) is 10.1. The van der Waals surface area contributed by atoms with Crippen molar-refractivity contribution >= 4 is 21.6 Å². The number of benzene rings is 1. The zero-order valence-electron chi connectivity index (χ0n) is 8.50. The lowest BCUT2D eigenvalue weighted by molar-refractivity contribution is 0.277. The molecule has 0 saturated heterocycles. The molecule has 3 N–H and O–H groups in total. The van der Waals surface area contributed by atoms with E-state index in [1.165, 1.54) is 0 Å². The minimum absolute atomic E-state index is 0.385. The molecule has 15 heavy (non-hydrogen) atoms. The molecule has 1 atom stereocenters. The van der Waals surface area contributed by atoms with E-state index in [0.717, 1.165) is 41.9 Å². The summed E-state index contributed by atoms with van der Waals surface area (Å²) in [6.45, 7) is 1.47. The fraction of sp³-hybridized carbons (Fsp3) is 0.455. The number of halogens is 1. The second kappa shape index (κ2) is 4.86. The molecule has 82 valence electrons. The molecule has 0 aliphatic carbocycles. The van der Waals surface area contributed by atoms with E-state index in [0.29, 0.717) is 6.04 Å². The van der Waals surface area contributed by atoms with Gasteiger partial charge in [-0.1, -0.05) is 15.9 Å². The van der Waals surface area contributed by atoms with Crippen LogP contribution < -0.4 is 15.8 Å². The molecule has 0 saturated carbocycles. The van der Waals surface area contributed by atoms with Gasteiger partial charge in [-0.15, -0.1) is 0 Å². The van der Waals surface area contributed by atoms with Crippen LogP contribution in [0.5, 0.6) is 5.75 Å². The quantitative estimate of drug-likeness (QED) is 0.887. The molecule has 3 nitrogen and oxygen atoms in total. The number of hydrogen-bond donors (Lipinski definition) is 2. The van der Waals surface area contributed by atoms with Crippen molar-refractivity contribution in [1.29, 1.82) is 0 Å². The summed E-state index contributed by atoms with van der Waals surface area (Å²) < 4.78 is 6.73. The summed E-state index contributed by atoms with van der Waals surface area (Å²) in [5.74, 6) is 0.933.